The smallest absolute Gasteiger partial charge is 0.119 e. The summed E-state index contributed by atoms with van der Waals surface area (Å²) >= 11 is 0. The molecular formula is C17H20O. The zero-order valence-electron chi connectivity index (χ0n) is 11.5. The molecule has 2 aromatic rings. The molecular weight excluding hydrogens is 220 g/mol. The molecule has 18 heavy (non-hydrogen) atoms. The van der Waals surface area contributed by atoms with Gasteiger partial charge in [0.1, 0.15) is 5.75 Å². The summed E-state index contributed by atoms with van der Waals surface area (Å²) in [5.41, 5.74) is 3.85. The van der Waals surface area contributed by atoms with Crippen molar-refractivity contribution in [2.75, 3.05) is 7.11 Å². The van der Waals surface area contributed by atoms with Gasteiger partial charge in [-0.15, -0.1) is 0 Å². The van der Waals surface area contributed by atoms with Crippen molar-refractivity contribution in [1.82, 2.24) is 0 Å². The van der Waals surface area contributed by atoms with E-state index in [1.54, 1.807) is 7.11 Å². The predicted octanol–water partition coefficient (Wildman–Crippen LogP) is 4.66. The SMILES string of the molecule is COc1cc(-c2ccccc2)cc(C(C)(C)C)c1. The third-order valence-corrected chi connectivity index (χ3v) is 3.12. The highest BCUT2D eigenvalue weighted by atomic mass is 16.5. The number of methoxy groups -OCH3 is 1. The molecule has 0 amide bonds. The van der Waals surface area contributed by atoms with Crippen molar-refractivity contribution in [3.63, 3.8) is 0 Å². The summed E-state index contributed by atoms with van der Waals surface area (Å²) in [6.07, 6.45) is 0. The number of ether oxygens (including phenoxy) is 1. The van der Waals surface area contributed by atoms with E-state index in [9.17, 15) is 0 Å². The van der Waals surface area contributed by atoms with Gasteiger partial charge in [0.05, 0.1) is 7.11 Å². The Labute approximate surface area is 109 Å². The van der Waals surface area contributed by atoms with Crippen molar-refractivity contribution in [2.24, 2.45) is 0 Å². The fraction of sp³-hybridized carbons (Fsp3) is 0.294. The minimum Gasteiger partial charge on any atom is -0.497 e. The Balaban J connectivity index is 2.55. The van der Waals surface area contributed by atoms with Crippen LogP contribution in [0.1, 0.15) is 26.3 Å². The highest BCUT2D eigenvalue weighted by Crippen LogP contribution is 2.31. The van der Waals surface area contributed by atoms with Gasteiger partial charge in [-0.1, -0.05) is 57.2 Å². The van der Waals surface area contributed by atoms with Crippen molar-refractivity contribution in [2.45, 2.75) is 26.2 Å². The van der Waals surface area contributed by atoms with E-state index in [1.165, 1.54) is 16.7 Å². The van der Waals surface area contributed by atoms with E-state index >= 15 is 0 Å². The summed E-state index contributed by atoms with van der Waals surface area (Å²) < 4.78 is 5.41. The van der Waals surface area contributed by atoms with Crippen LogP contribution in [0.4, 0.5) is 0 Å². The summed E-state index contributed by atoms with van der Waals surface area (Å²) in [5.74, 6) is 0.918. The van der Waals surface area contributed by atoms with Gasteiger partial charge in [-0.05, 0) is 34.2 Å². The number of rotatable bonds is 2. The van der Waals surface area contributed by atoms with Crippen LogP contribution in [0.5, 0.6) is 5.75 Å². The zero-order valence-corrected chi connectivity index (χ0v) is 11.5. The molecule has 0 aliphatic carbocycles. The third-order valence-electron chi connectivity index (χ3n) is 3.12. The highest BCUT2D eigenvalue weighted by molar-refractivity contribution is 5.66. The molecule has 0 aliphatic rings. The summed E-state index contributed by atoms with van der Waals surface area (Å²) in [5, 5.41) is 0. The van der Waals surface area contributed by atoms with E-state index in [0.29, 0.717) is 0 Å². The van der Waals surface area contributed by atoms with Gasteiger partial charge in [0.15, 0.2) is 0 Å². The molecule has 2 aromatic carbocycles. The topological polar surface area (TPSA) is 9.23 Å². The van der Waals surface area contributed by atoms with Gasteiger partial charge in [0.2, 0.25) is 0 Å². The molecule has 0 aliphatic heterocycles. The Morgan fingerprint density at radius 2 is 1.50 bits per heavy atom. The van der Waals surface area contributed by atoms with Crippen molar-refractivity contribution in [3.05, 3.63) is 54.1 Å². The average Bonchev–Trinajstić information content (AvgIpc) is 2.38. The highest BCUT2D eigenvalue weighted by Gasteiger charge is 2.16. The first-order valence-electron chi connectivity index (χ1n) is 6.26. The van der Waals surface area contributed by atoms with Gasteiger partial charge in [0, 0.05) is 0 Å². The Morgan fingerprint density at radius 1 is 0.833 bits per heavy atom. The lowest BCUT2D eigenvalue weighted by Gasteiger charge is -2.21. The number of hydrogen-bond acceptors (Lipinski definition) is 1. The molecule has 94 valence electrons. The van der Waals surface area contributed by atoms with Crippen molar-refractivity contribution >= 4 is 0 Å². The predicted molar refractivity (Wildman–Crippen MR) is 77.1 cm³/mol. The molecule has 1 heteroatoms. The first-order valence-corrected chi connectivity index (χ1v) is 6.26. The maximum absolute atomic E-state index is 5.41. The molecule has 0 atom stereocenters. The van der Waals surface area contributed by atoms with E-state index < -0.39 is 0 Å². The molecule has 1 nitrogen and oxygen atoms in total. The molecule has 0 unspecified atom stereocenters. The summed E-state index contributed by atoms with van der Waals surface area (Å²) in [6.45, 7) is 6.66. The van der Waals surface area contributed by atoms with Gasteiger partial charge >= 0.3 is 0 Å². The van der Waals surface area contributed by atoms with Crippen molar-refractivity contribution < 1.29 is 4.74 Å². The zero-order chi connectivity index (χ0) is 13.2. The molecule has 2 rings (SSSR count). The Hall–Kier alpha value is -1.76. The van der Waals surface area contributed by atoms with Crippen LogP contribution in [0.25, 0.3) is 11.1 Å². The van der Waals surface area contributed by atoms with Crippen LogP contribution in [-0.2, 0) is 5.41 Å². The van der Waals surface area contributed by atoms with E-state index in [-0.39, 0.29) is 5.41 Å². The van der Waals surface area contributed by atoms with Crippen LogP contribution in [-0.4, -0.2) is 7.11 Å². The quantitative estimate of drug-likeness (QED) is 0.741. The molecule has 0 bridgehead atoms. The molecule has 0 N–H and O–H groups in total. The minimum atomic E-state index is 0.123. The van der Waals surface area contributed by atoms with Crippen LogP contribution >= 0.6 is 0 Å². The molecule has 0 saturated carbocycles. The van der Waals surface area contributed by atoms with Gasteiger partial charge in [-0.25, -0.2) is 0 Å². The average molecular weight is 240 g/mol. The van der Waals surface area contributed by atoms with Gasteiger partial charge in [-0.3, -0.25) is 0 Å². The largest absolute Gasteiger partial charge is 0.497 e. The summed E-state index contributed by atoms with van der Waals surface area (Å²) in [4.78, 5) is 0. The summed E-state index contributed by atoms with van der Waals surface area (Å²) in [7, 11) is 1.72. The second kappa shape index (κ2) is 4.85. The van der Waals surface area contributed by atoms with Gasteiger partial charge < -0.3 is 4.74 Å². The lowest BCUT2D eigenvalue weighted by molar-refractivity contribution is 0.413. The molecule has 0 saturated heterocycles. The maximum Gasteiger partial charge on any atom is 0.119 e. The van der Waals surface area contributed by atoms with E-state index in [4.69, 9.17) is 4.74 Å². The van der Waals surface area contributed by atoms with Gasteiger partial charge in [-0.2, -0.15) is 0 Å². The minimum absolute atomic E-state index is 0.123. The Morgan fingerprint density at radius 3 is 2.06 bits per heavy atom. The Kier molecular flexibility index (Phi) is 3.42. The lowest BCUT2D eigenvalue weighted by Crippen LogP contribution is -2.11. The third kappa shape index (κ3) is 2.73. The molecule has 0 heterocycles. The molecule has 0 fully saturated rings. The second-order valence-corrected chi connectivity index (χ2v) is 5.57. The van der Waals surface area contributed by atoms with E-state index in [1.807, 2.05) is 6.07 Å². The Bertz CT molecular complexity index is 521. The van der Waals surface area contributed by atoms with Crippen LogP contribution in [0, 0.1) is 0 Å². The first-order chi connectivity index (χ1) is 8.50. The van der Waals surface area contributed by atoms with Gasteiger partial charge in [0.25, 0.3) is 0 Å². The monoisotopic (exact) mass is 240 g/mol. The molecule has 0 radical (unpaired) electrons. The van der Waals surface area contributed by atoms with Crippen LogP contribution in [0.2, 0.25) is 0 Å². The van der Waals surface area contributed by atoms with Crippen molar-refractivity contribution in [1.29, 1.82) is 0 Å². The van der Waals surface area contributed by atoms with Crippen LogP contribution < -0.4 is 4.74 Å². The normalized spacial score (nSPS) is 11.3. The maximum atomic E-state index is 5.41. The number of benzene rings is 2. The fourth-order valence-electron chi connectivity index (χ4n) is 1.95. The van der Waals surface area contributed by atoms with E-state index in [2.05, 4.69) is 63.2 Å². The fourth-order valence-corrected chi connectivity index (χ4v) is 1.95. The standard InChI is InChI=1S/C17H20O/c1-17(2,3)15-10-14(11-16(12-15)18-4)13-8-6-5-7-9-13/h5-12H,1-4H3. The van der Waals surface area contributed by atoms with Crippen LogP contribution in [0.3, 0.4) is 0 Å². The number of hydrogen-bond donors (Lipinski definition) is 0. The lowest BCUT2D eigenvalue weighted by atomic mass is 9.85. The van der Waals surface area contributed by atoms with Crippen LogP contribution in [0.15, 0.2) is 48.5 Å². The van der Waals surface area contributed by atoms with E-state index in [0.717, 1.165) is 5.75 Å². The van der Waals surface area contributed by atoms with Crippen molar-refractivity contribution in [3.8, 4) is 16.9 Å². The first kappa shape index (κ1) is 12.7. The summed E-state index contributed by atoms with van der Waals surface area (Å²) in [6, 6.07) is 16.9. The second-order valence-electron chi connectivity index (χ2n) is 5.57. The molecule has 0 aromatic heterocycles. The molecule has 0 spiro atoms.